The molecular formula is C30H31ClN2O3. The van der Waals surface area contributed by atoms with Crippen LogP contribution in [0.25, 0.3) is 11.3 Å². The molecule has 1 amide bonds. The van der Waals surface area contributed by atoms with Crippen LogP contribution in [-0.4, -0.2) is 23.7 Å². The van der Waals surface area contributed by atoms with Gasteiger partial charge < -0.3 is 20.2 Å². The molecule has 0 bridgehead atoms. The van der Waals surface area contributed by atoms with Crippen molar-refractivity contribution in [1.29, 1.82) is 0 Å². The molecule has 0 unspecified atom stereocenters. The summed E-state index contributed by atoms with van der Waals surface area (Å²) >= 11 is 6.36. The van der Waals surface area contributed by atoms with Gasteiger partial charge in [0, 0.05) is 11.6 Å². The van der Waals surface area contributed by atoms with Gasteiger partial charge in [0.1, 0.15) is 11.5 Å². The zero-order valence-electron chi connectivity index (χ0n) is 20.5. The van der Waals surface area contributed by atoms with Crippen LogP contribution < -0.4 is 10.6 Å². The van der Waals surface area contributed by atoms with Crippen LogP contribution in [0.2, 0.25) is 5.02 Å². The molecule has 1 heterocycles. The number of nitrogens with one attached hydrogen (secondary N) is 2. The van der Waals surface area contributed by atoms with Crippen molar-refractivity contribution < 1.29 is 14.3 Å². The van der Waals surface area contributed by atoms with Gasteiger partial charge in [-0.3, -0.25) is 4.79 Å². The summed E-state index contributed by atoms with van der Waals surface area (Å²) in [6.07, 6.45) is 0.524. The zero-order chi connectivity index (χ0) is 25.5. The average molecular weight is 503 g/mol. The first-order valence-electron chi connectivity index (χ1n) is 12.1. The van der Waals surface area contributed by atoms with Gasteiger partial charge in [0.05, 0.1) is 29.8 Å². The monoisotopic (exact) mass is 502 g/mol. The topological polar surface area (TPSA) is 74.5 Å². The van der Waals surface area contributed by atoms with Crippen LogP contribution in [0.1, 0.15) is 45.8 Å². The maximum atomic E-state index is 13.0. The number of aryl methyl sites for hydroxylation is 1. The van der Waals surface area contributed by atoms with Crippen molar-refractivity contribution in [3.63, 3.8) is 0 Å². The molecule has 4 rings (SSSR count). The third-order valence-electron chi connectivity index (χ3n) is 6.20. The quantitative estimate of drug-likeness (QED) is 0.245. The van der Waals surface area contributed by atoms with Gasteiger partial charge in [-0.2, -0.15) is 0 Å². The standard InChI is InChI=1S/C30H31ClN2O3/c1-20-8-10-23(11-9-20)21(2)32-18-26-13-15-29(36-26)24-12-14-28(31)27(17-24)30(35)33-25(19-34)16-22-6-4-3-5-7-22/h3-15,17,21,25,32,34H,16,18-19H2,1-2H3,(H,33,35)/t21-,25-/m1/s1. The molecule has 0 saturated carbocycles. The number of furan rings is 1. The van der Waals surface area contributed by atoms with Crippen LogP contribution in [0.3, 0.4) is 0 Å². The molecule has 0 spiro atoms. The Morgan fingerprint density at radius 1 is 1.00 bits per heavy atom. The molecule has 3 aromatic carbocycles. The predicted molar refractivity (Wildman–Crippen MR) is 144 cm³/mol. The summed E-state index contributed by atoms with van der Waals surface area (Å²) in [5.41, 5.74) is 4.58. The van der Waals surface area contributed by atoms with Gasteiger partial charge in [0.15, 0.2) is 0 Å². The zero-order valence-corrected chi connectivity index (χ0v) is 21.3. The molecule has 0 radical (unpaired) electrons. The molecule has 36 heavy (non-hydrogen) atoms. The summed E-state index contributed by atoms with van der Waals surface area (Å²) in [5, 5.41) is 16.5. The van der Waals surface area contributed by atoms with E-state index in [0.29, 0.717) is 29.3 Å². The fourth-order valence-electron chi connectivity index (χ4n) is 4.03. The minimum atomic E-state index is -0.420. The number of carbonyl (C=O) groups is 1. The Balaban J connectivity index is 1.41. The highest BCUT2D eigenvalue weighted by Crippen LogP contribution is 2.27. The van der Waals surface area contributed by atoms with E-state index < -0.39 is 6.04 Å². The Kier molecular flexibility index (Phi) is 8.60. The van der Waals surface area contributed by atoms with Crippen LogP contribution in [-0.2, 0) is 13.0 Å². The lowest BCUT2D eigenvalue weighted by molar-refractivity contribution is 0.0916. The van der Waals surface area contributed by atoms with E-state index >= 15 is 0 Å². The van der Waals surface area contributed by atoms with Gasteiger partial charge >= 0.3 is 0 Å². The third-order valence-corrected chi connectivity index (χ3v) is 6.53. The van der Waals surface area contributed by atoms with Gasteiger partial charge in [-0.1, -0.05) is 71.8 Å². The highest BCUT2D eigenvalue weighted by atomic mass is 35.5. The summed E-state index contributed by atoms with van der Waals surface area (Å²) in [5.74, 6) is 1.12. The molecule has 5 nitrogen and oxygen atoms in total. The van der Waals surface area contributed by atoms with Crippen molar-refractivity contribution in [3.05, 3.63) is 118 Å². The van der Waals surface area contributed by atoms with Crippen LogP contribution in [0.5, 0.6) is 0 Å². The smallest absolute Gasteiger partial charge is 0.253 e. The van der Waals surface area contributed by atoms with E-state index in [4.69, 9.17) is 16.0 Å². The highest BCUT2D eigenvalue weighted by Gasteiger charge is 2.18. The minimum Gasteiger partial charge on any atom is -0.460 e. The van der Waals surface area contributed by atoms with Gasteiger partial charge in [-0.25, -0.2) is 0 Å². The molecule has 1 aromatic heterocycles. The Morgan fingerprint density at radius 2 is 1.75 bits per heavy atom. The van der Waals surface area contributed by atoms with Crippen molar-refractivity contribution in [1.82, 2.24) is 10.6 Å². The van der Waals surface area contributed by atoms with Crippen LogP contribution in [0, 0.1) is 6.92 Å². The molecule has 0 saturated heterocycles. The second-order valence-corrected chi connectivity index (χ2v) is 9.42. The number of aliphatic hydroxyl groups is 1. The van der Waals surface area contributed by atoms with E-state index in [2.05, 4.69) is 48.7 Å². The lowest BCUT2D eigenvalue weighted by Gasteiger charge is -2.17. The number of aliphatic hydroxyl groups excluding tert-OH is 1. The SMILES string of the molecule is Cc1ccc([C@@H](C)NCc2ccc(-c3ccc(Cl)c(C(=O)N[C@@H](CO)Cc4ccccc4)c3)o2)cc1. The number of amides is 1. The van der Waals surface area contributed by atoms with Crippen molar-refractivity contribution >= 4 is 17.5 Å². The summed E-state index contributed by atoms with van der Waals surface area (Å²) in [6, 6.07) is 27.0. The van der Waals surface area contributed by atoms with E-state index in [1.54, 1.807) is 12.1 Å². The molecule has 0 aliphatic rings. The van der Waals surface area contributed by atoms with Crippen molar-refractivity contribution in [2.75, 3.05) is 6.61 Å². The van der Waals surface area contributed by atoms with Crippen LogP contribution in [0.15, 0.2) is 89.3 Å². The molecule has 0 aliphatic heterocycles. The van der Waals surface area contributed by atoms with E-state index in [-0.39, 0.29) is 18.6 Å². The largest absolute Gasteiger partial charge is 0.460 e. The van der Waals surface area contributed by atoms with Crippen molar-refractivity contribution in [2.24, 2.45) is 0 Å². The van der Waals surface area contributed by atoms with E-state index in [1.165, 1.54) is 11.1 Å². The van der Waals surface area contributed by atoms with E-state index in [0.717, 1.165) is 16.9 Å². The minimum absolute atomic E-state index is 0.173. The van der Waals surface area contributed by atoms with Crippen LogP contribution in [0.4, 0.5) is 0 Å². The Morgan fingerprint density at radius 3 is 2.47 bits per heavy atom. The molecule has 2 atom stereocenters. The Labute approximate surface area is 217 Å². The first-order valence-corrected chi connectivity index (χ1v) is 12.4. The number of hydrogen-bond donors (Lipinski definition) is 3. The van der Waals surface area contributed by atoms with Gasteiger partial charge in [-0.15, -0.1) is 0 Å². The van der Waals surface area contributed by atoms with E-state index in [9.17, 15) is 9.90 Å². The lowest BCUT2D eigenvalue weighted by atomic mass is 10.0. The second kappa shape index (κ2) is 12.0. The predicted octanol–water partition coefficient (Wildman–Crippen LogP) is 6.09. The molecule has 4 aromatic rings. The van der Waals surface area contributed by atoms with E-state index in [1.807, 2.05) is 48.5 Å². The third kappa shape index (κ3) is 6.64. The lowest BCUT2D eigenvalue weighted by Crippen LogP contribution is -2.39. The van der Waals surface area contributed by atoms with Crippen LogP contribution >= 0.6 is 11.6 Å². The number of hydrogen-bond acceptors (Lipinski definition) is 4. The first kappa shape index (κ1) is 25.7. The molecule has 0 fully saturated rings. The highest BCUT2D eigenvalue weighted by molar-refractivity contribution is 6.34. The maximum absolute atomic E-state index is 13.0. The molecule has 186 valence electrons. The fourth-order valence-corrected chi connectivity index (χ4v) is 4.23. The van der Waals surface area contributed by atoms with Crippen molar-refractivity contribution in [2.45, 2.75) is 38.9 Å². The molecule has 0 aliphatic carbocycles. The Hall–Kier alpha value is -3.38. The van der Waals surface area contributed by atoms with Gasteiger partial charge in [0.2, 0.25) is 0 Å². The summed E-state index contributed by atoms with van der Waals surface area (Å²) < 4.78 is 6.05. The summed E-state index contributed by atoms with van der Waals surface area (Å²) in [6.45, 7) is 4.60. The number of halogens is 1. The number of benzene rings is 3. The number of carbonyl (C=O) groups excluding carboxylic acids is 1. The molecule has 6 heteroatoms. The average Bonchev–Trinajstić information content (AvgIpc) is 3.37. The number of rotatable bonds is 10. The fraction of sp³-hybridized carbons (Fsp3) is 0.233. The summed E-state index contributed by atoms with van der Waals surface area (Å²) in [4.78, 5) is 13.0. The maximum Gasteiger partial charge on any atom is 0.253 e. The Bertz CT molecular complexity index is 1290. The molecule has 3 N–H and O–H groups in total. The molecular weight excluding hydrogens is 472 g/mol. The second-order valence-electron chi connectivity index (χ2n) is 9.02. The first-order chi connectivity index (χ1) is 17.4. The summed E-state index contributed by atoms with van der Waals surface area (Å²) in [7, 11) is 0. The van der Waals surface area contributed by atoms with Gasteiger partial charge in [0.25, 0.3) is 5.91 Å². The van der Waals surface area contributed by atoms with Crippen molar-refractivity contribution in [3.8, 4) is 11.3 Å². The normalized spacial score (nSPS) is 12.8. The van der Waals surface area contributed by atoms with Gasteiger partial charge in [-0.05, 0) is 61.7 Å².